The molecule has 3 heterocycles. The number of benzene rings is 2. The lowest BCUT2D eigenvalue weighted by Crippen LogP contribution is -2.42. The van der Waals surface area contributed by atoms with Gasteiger partial charge < -0.3 is 10.6 Å². The molecule has 27 heavy (non-hydrogen) atoms. The van der Waals surface area contributed by atoms with Crippen molar-refractivity contribution >= 4 is 34.0 Å². The highest BCUT2D eigenvalue weighted by Gasteiger charge is 2.30. The van der Waals surface area contributed by atoms with Gasteiger partial charge in [0.1, 0.15) is 0 Å². The molecule has 0 unspecified atom stereocenters. The van der Waals surface area contributed by atoms with E-state index in [0.29, 0.717) is 11.6 Å². The predicted molar refractivity (Wildman–Crippen MR) is 108 cm³/mol. The molecule has 138 valence electrons. The van der Waals surface area contributed by atoms with Gasteiger partial charge >= 0.3 is 0 Å². The quantitative estimate of drug-likeness (QED) is 0.723. The lowest BCUT2D eigenvalue weighted by Gasteiger charge is -2.34. The lowest BCUT2D eigenvalue weighted by molar-refractivity contribution is 0.103. The van der Waals surface area contributed by atoms with Crippen LogP contribution in [0.2, 0.25) is 5.15 Å². The maximum Gasteiger partial charge on any atom is 0.256 e. The summed E-state index contributed by atoms with van der Waals surface area (Å²) in [5.74, 6) is -0.0302. The van der Waals surface area contributed by atoms with Gasteiger partial charge in [-0.1, -0.05) is 29.8 Å². The molecule has 1 aromatic heterocycles. The van der Waals surface area contributed by atoms with Gasteiger partial charge in [0.05, 0.1) is 5.54 Å². The number of piperidine rings is 1. The molecule has 5 rings (SSSR count). The van der Waals surface area contributed by atoms with Crippen molar-refractivity contribution in [2.24, 2.45) is 0 Å². The van der Waals surface area contributed by atoms with Crippen LogP contribution in [0.25, 0.3) is 10.8 Å². The Bertz CT molecular complexity index is 1070. The van der Waals surface area contributed by atoms with E-state index in [-0.39, 0.29) is 11.4 Å². The number of carbonyl (C=O) groups is 1. The van der Waals surface area contributed by atoms with E-state index in [4.69, 9.17) is 11.6 Å². The first-order valence-electron chi connectivity index (χ1n) is 9.36. The number of amides is 1. The molecule has 0 radical (unpaired) electrons. The zero-order chi connectivity index (χ0) is 18.6. The SMILES string of the molecule is CC1(n2cc(Cc3ccc4c5c(cccc35)C(=O)N4)c(Cl)n2)CCNCC1. The van der Waals surface area contributed by atoms with E-state index in [1.54, 1.807) is 0 Å². The molecule has 5 nitrogen and oxygen atoms in total. The summed E-state index contributed by atoms with van der Waals surface area (Å²) in [4.78, 5) is 12.1. The summed E-state index contributed by atoms with van der Waals surface area (Å²) in [6, 6.07) is 9.95. The molecule has 0 spiro atoms. The topological polar surface area (TPSA) is 59.0 Å². The van der Waals surface area contributed by atoms with Crippen LogP contribution in [0.1, 0.15) is 41.3 Å². The number of aromatic nitrogens is 2. The highest BCUT2D eigenvalue weighted by molar-refractivity contribution is 6.30. The molecular formula is C21H21ClN4O. The fourth-order valence-corrected chi connectivity index (χ4v) is 4.48. The van der Waals surface area contributed by atoms with Crippen molar-refractivity contribution in [3.05, 3.63) is 58.4 Å². The van der Waals surface area contributed by atoms with Crippen molar-refractivity contribution < 1.29 is 4.79 Å². The van der Waals surface area contributed by atoms with Crippen molar-refractivity contribution in [3.63, 3.8) is 0 Å². The normalized spacial score (nSPS) is 18.1. The molecule has 1 amide bonds. The van der Waals surface area contributed by atoms with Crippen molar-refractivity contribution in [2.45, 2.75) is 31.7 Å². The van der Waals surface area contributed by atoms with Crippen LogP contribution in [-0.2, 0) is 12.0 Å². The van der Waals surface area contributed by atoms with Crippen LogP contribution in [0.5, 0.6) is 0 Å². The van der Waals surface area contributed by atoms with Crippen molar-refractivity contribution in [2.75, 3.05) is 18.4 Å². The van der Waals surface area contributed by atoms with Crippen LogP contribution in [0.4, 0.5) is 5.69 Å². The van der Waals surface area contributed by atoms with Crippen LogP contribution in [0.15, 0.2) is 36.5 Å². The van der Waals surface area contributed by atoms with Crippen LogP contribution in [0, 0.1) is 0 Å². The number of carbonyl (C=O) groups excluding carboxylic acids is 1. The van der Waals surface area contributed by atoms with E-state index in [1.807, 2.05) is 18.2 Å². The van der Waals surface area contributed by atoms with Gasteiger partial charge in [0.2, 0.25) is 0 Å². The van der Waals surface area contributed by atoms with Gasteiger partial charge in [-0.2, -0.15) is 5.10 Å². The van der Waals surface area contributed by atoms with Crippen LogP contribution in [0.3, 0.4) is 0 Å². The summed E-state index contributed by atoms with van der Waals surface area (Å²) in [7, 11) is 0. The molecule has 0 bridgehead atoms. The van der Waals surface area contributed by atoms with Gasteiger partial charge in [-0.15, -0.1) is 0 Å². The van der Waals surface area contributed by atoms with E-state index in [1.165, 1.54) is 0 Å². The number of hydrogen-bond acceptors (Lipinski definition) is 3. The number of nitrogens with one attached hydrogen (secondary N) is 2. The number of halogens is 1. The van der Waals surface area contributed by atoms with Gasteiger partial charge in [-0.25, -0.2) is 0 Å². The average molecular weight is 381 g/mol. The standard InChI is InChI=1S/C21H21ClN4O/c1-21(7-9-23-10-8-21)26-12-14(19(22)25-26)11-13-5-6-17-18-15(13)3-2-4-16(18)20(27)24-17/h2-6,12,23H,7-11H2,1H3,(H,24,27). The zero-order valence-electron chi connectivity index (χ0n) is 15.2. The summed E-state index contributed by atoms with van der Waals surface area (Å²) in [6.45, 7) is 4.25. The van der Waals surface area contributed by atoms with Crippen molar-refractivity contribution in [1.29, 1.82) is 0 Å². The molecule has 1 saturated heterocycles. The summed E-state index contributed by atoms with van der Waals surface area (Å²) >= 11 is 6.51. The van der Waals surface area contributed by atoms with E-state index in [2.05, 4.69) is 45.7 Å². The molecular weight excluding hydrogens is 360 g/mol. The Morgan fingerprint density at radius 2 is 2.00 bits per heavy atom. The first kappa shape index (κ1) is 16.8. The number of rotatable bonds is 3. The minimum Gasteiger partial charge on any atom is -0.321 e. The predicted octanol–water partition coefficient (Wildman–Crippen LogP) is 3.94. The molecule has 0 aliphatic carbocycles. The minimum atomic E-state index is -0.0302. The maximum atomic E-state index is 12.1. The Hall–Kier alpha value is -2.37. The maximum absolute atomic E-state index is 12.1. The van der Waals surface area contributed by atoms with Gasteiger partial charge in [-0.3, -0.25) is 9.48 Å². The van der Waals surface area contributed by atoms with Crippen molar-refractivity contribution in [1.82, 2.24) is 15.1 Å². The van der Waals surface area contributed by atoms with E-state index < -0.39 is 0 Å². The summed E-state index contributed by atoms with van der Waals surface area (Å²) < 4.78 is 2.05. The Kier molecular flexibility index (Phi) is 3.78. The van der Waals surface area contributed by atoms with Gasteiger partial charge in [0, 0.05) is 34.8 Å². The zero-order valence-corrected chi connectivity index (χ0v) is 15.9. The largest absolute Gasteiger partial charge is 0.321 e. The molecule has 2 aliphatic heterocycles. The first-order valence-corrected chi connectivity index (χ1v) is 9.74. The Morgan fingerprint density at radius 1 is 1.19 bits per heavy atom. The first-order chi connectivity index (χ1) is 13.0. The number of nitrogens with zero attached hydrogens (tertiary/aromatic N) is 2. The molecule has 0 saturated carbocycles. The summed E-state index contributed by atoms with van der Waals surface area (Å²) in [6.07, 6.45) is 4.88. The fraction of sp³-hybridized carbons (Fsp3) is 0.333. The highest BCUT2D eigenvalue weighted by Crippen LogP contribution is 2.36. The second kappa shape index (κ2) is 6.08. The van der Waals surface area contributed by atoms with Crippen LogP contribution >= 0.6 is 11.6 Å². The van der Waals surface area contributed by atoms with Crippen molar-refractivity contribution in [3.8, 4) is 0 Å². The van der Waals surface area contributed by atoms with E-state index in [0.717, 1.165) is 59.1 Å². The molecule has 2 N–H and O–H groups in total. The van der Waals surface area contributed by atoms with Crippen LogP contribution < -0.4 is 10.6 Å². The average Bonchev–Trinajstić information content (AvgIpc) is 3.20. The third-order valence-corrected chi connectivity index (χ3v) is 6.30. The third kappa shape index (κ3) is 2.65. The Balaban J connectivity index is 1.54. The molecule has 3 aromatic rings. The van der Waals surface area contributed by atoms with Gasteiger partial charge in [0.25, 0.3) is 5.91 Å². The van der Waals surface area contributed by atoms with Gasteiger partial charge in [0.15, 0.2) is 5.15 Å². The molecule has 2 aliphatic rings. The Morgan fingerprint density at radius 3 is 2.81 bits per heavy atom. The van der Waals surface area contributed by atoms with E-state index >= 15 is 0 Å². The van der Waals surface area contributed by atoms with Gasteiger partial charge in [-0.05, 0) is 55.9 Å². The lowest BCUT2D eigenvalue weighted by atomic mass is 9.91. The van der Waals surface area contributed by atoms with Crippen LogP contribution in [-0.4, -0.2) is 28.8 Å². The second-order valence-electron chi connectivity index (χ2n) is 7.77. The molecule has 2 aromatic carbocycles. The monoisotopic (exact) mass is 380 g/mol. The summed E-state index contributed by atoms with van der Waals surface area (Å²) in [5.41, 5.74) is 3.82. The third-order valence-electron chi connectivity index (χ3n) is 5.98. The smallest absolute Gasteiger partial charge is 0.256 e. The number of anilines is 1. The number of hydrogen-bond donors (Lipinski definition) is 2. The molecule has 1 fully saturated rings. The minimum absolute atomic E-state index is 0.00545. The van der Waals surface area contributed by atoms with E-state index in [9.17, 15) is 4.79 Å². The second-order valence-corrected chi connectivity index (χ2v) is 8.13. The molecule has 0 atom stereocenters. The molecule has 6 heteroatoms. The summed E-state index contributed by atoms with van der Waals surface area (Å²) in [5, 5.41) is 13.6. The Labute approximate surface area is 162 Å². The fourth-order valence-electron chi connectivity index (χ4n) is 4.29. The highest BCUT2D eigenvalue weighted by atomic mass is 35.5.